The molecular weight excluding hydrogens is 397 g/mol. The van der Waals surface area contributed by atoms with E-state index in [1.54, 1.807) is 4.90 Å². The molecule has 0 aromatic heterocycles. The van der Waals surface area contributed by atoms with Gasteiger partial charge in [-0.1, -0.05) is 60.2 Å². The third-order valence-electron chi connectivity index (χ3n) is 4.34. The molecule has 3 rings (SSSR count). The minimum Gasteiger partial charge on any atom is -0.453 e. The SMILES string of the molecule is CCC[C@H]1C(=O)O[C@@H]2[C@@H](I)c3ccccc3[C@H]1N2C(=O)OC. The van der Waals surface area contributed by atoms with Gasteiger partial charge >= 0.3 is 12.1 Å². The number of benzene rings is 1. The van der Waals surface area contributed by atoms with Crippen molar-refractivity contribution in [2.45, 2.75) is 36.0 Å². The van der Waals surface area contributed by atoms with Gasteiger partial charge in [0, 0.05) is 0 Å². The Morgan fingerprint density at radius 1 is 1.36 bits per heavy atom. The lowest BCUT2D eigenvalue weighted by Gasteiger charge is -2.50. The monoisotopic (exact) mass is 415 g/mol. The first-order chi connectivity index (χ1) is 10.6. The highest BCUT2D eigenvalue weighted by molar-refractivity contribution is 14.1. The highest BCUT2D eigenvalue weighted by atomic mass is 127. The van der Waals surface area contributed by atoms with Crippen molar-refractivity contribution < 1.29 is 19.1 Å². The number of hydrogen-bond donors (Lipinski definition) is 0. The average molecular weight is 415 g/mol. The fourth-order valence-electron chi connectivity index (χ4n) is 3.41. The van der Waals surface area contributed by atoms with Gasteiger partial charge in [-0.05, 0) is 17.5 Å². The molecule has 22 heavy (non-hydrogen) atoms. The molecule has 0 aliphatic carbocycles. The Hall–Kier alpha value is -1.31. The summed E-state index contributed by atoms with van der Waals surface area (Å²) in [5.74, 6) is -0.557. The number of ether oxygens (including phenoxy) is 2. The Kier molecular flexibility index (Phi) is 4.29. The molecule has 0 saturated carbocycles. The van der Waals surface area contributed by atoms with Crippen LogP contribution in [-0.2, 0) is 14.3 Å². The number of carbonyl (C=O) groups is 2. The standard InChI is InChI=1S/C16H18INO4/c1-3-6-11-13-10-8-5-4-7-9(10)12(17)14(22-15(11)19)18(13)16(20)21-2/h4-5,7-8,11-14H,3,6H2,1-2H3/t11-,12+,13-,14-/m1/s1. The van der Waals surface area contributed by atoms with Gasteiger partial charge < -0.3 is 9.47 Å². The van der Waals surface area contributed by atoms with Gasteiger partial charge in [0.25, 0.3) is 0 Å². The Balaban J connectivity index is 2.15. The van der Waals surface area contributed by atoms with E-state index in [0.717, 1.165) is 17.5 Å². The third kappa shape index (κ3) is 2.28. The summed E-state index contributed by atoms with van der Waals surface area (Å²) in [6.45, 7) is 2.03. The van der Waals surface area contributed by atoms with E-state index >= 15 is 0 Å². The molecule has 1 aromatic rings. The number of rotatable bonds is 2. The molecular formula is C16H18INO4. The number of esters is 1. The van der Waals surface area contributed by atoms with Crippen LogP contribution in [0.25, 0.3) is 0 Å². The third-order valence-corrected chi connectivity index (χ3v) is 5.63. The first kappa shape index (κ1) is 15.6. The molecule has 0 radical (unpaired) electrons. The summed E-state index contributed by atoms with van der Waals surface area (Å²) in [6.07, 6.45) is 0.490. The fourth-order valence-corrected chi connectivity index (χ4v) is 4.47. The topological polar surface area (TPSA) is 55.8 Å². The van der Waals surface area contributed by atoms with Crippen LogP contribution in [0.2, 0.25) is 0 Å². The molecule has 0 N–H and O–H groups in total. The zero-order chi connectivity index (χ0) is 15.9. The second-order valence-electron chi connectivity index (χ2n) is 5.58. The van der Waals surface area contributed by atoms with Crippen molar-refractivity contribution in [1.29, 1.82) is 0 Å². The van der Waals surface area contributed by atoms with Gasteiger partial charge in [0.05, 0.1) is 23.0 Å². The average Bonchev–Trinajstić information content (AvgIpc) is 2.54. The van der Waals surface area contributed by atoms with Crippen LogP contribution in [0.15, 0.2) is 24.3 Å². The van der Waals surface area contributed by atoms with Crippen molar-refractivity contribution in [2.75, 3.05) is 7.11 Å². The number of hydrogen-bond acceptors (Lipinski definition) is 4. The molecule has 2 aliphatic heterocycles. The summed E-state index contributed by atoms with van der Waals surface area (Å²) in [6, 6.07) is 7.66. The van der Waals surface area contributed by atoms with Crippen molar-refractivity contribution in [3.05, 3.63) is 35.4 Å². The van der Waals surface area contributed by atoms with Gasteiger partial charge in [0.15, 0.2) is 6.23 Å². The number of carbonyl (C=O) groups excluding carboxylic acids is 2. The molecule has 4 atom stereocenters. The minimum atomic E-state index is -0.603. The van der Waals surface area contributed by atoms with Gasteiger partial charge in [-0.25, -0.2) is 4.79 Å². The van der Waals surface area contributed by atoms with Crippen molar-refractivity contribution in [2.24, 2.45) is 5.92 Å². The number of nitrogens with zero attached hydrogens (tertiary/aromatic N) is 1. The molecule has 2 aliphatic rings. The normalized spacial score (nSPS) is 29.6. The van der Waals surface area contributed by atoms with Crippen molar-refractivity contribution in [3.8, 4) is 0 Å². The number of alkyl halides is 1. The molecule has 1 saturated heterocycles. The van der Waals surface area contributed by atoms with Gasteiger partial charge in [-0.2, -0.15) is 0 Å². The first-order valence-corrected chi connectivity index (χ1v) is 8.64. The fraction of sp³-hybridized carbons (Fsp3) is 0.500. The van der Waals surface area contributed by atoms with Crippen molar-refractivity contribution in [1.82, 2.24) is 4.90 Å². The van der Waals surface area contributed by atoms with Crippen LogP contribution >= 0.6 is 22.6 Å². The second kappa shape index (κ2) is 6.06. The van der Waals surface area contributed by atoms with Gasteiger partial charge in [0.2, 0.25) is 0 Å². The molecule has 0 spiro atoms. The molecule has 6 heteroatoms. The van der Waals surface area contributed by atoms with Crippen LogP contribution in [-0.4, -0.2) is 30.3 Å². The van der Waals surface area contributed by atoms with Gasteiger partial charge in [0.1, 0.15) is 0 Å². The lowest BCUT2D eigenvalue weighted by molar-refractivity contribution is -0.185. The maximum Gasteiger partial charge on any atom is 0.412 e. The zero-order valence-corrected chi connectivity index (χ0v) is 14.6. The van der Waals surface area contributed by atoms with Crippen molar-refractivity contribution >= 4 is 34.7 Å². The molecule has 5 nitrogen and oxygen atoms in total. The highest BCUT2D eigenvalue weighted by Gasteiger charge is 2.53. The molecule has 0 unspecified atom stereocenters. The zero-order valence-electron chi connectivity index (χ0n) is 12.5. The summed E-state index contributed by atoms with van der Waals surface area (Å²) < 4.78 is 10.4. The smallest absolute Gasteiger partial charge is 0.412 e. The maximum absolute atomic E-state index is 12.4. The van der Waals surface area contributed by atoms with Crippen LogP contribution in [0, 0.1) is 5.92 Å². The van der Waals surface area contributed by atoms with Crippen molar-refractivity contribution in [3.63, 3.8) is 0 Å². The van der Waals surface area contributed by atoms with Crippen LogP contribution in [0.3, 0.4) is 0 Å². The van der Waals surface area contributed by atoms with E-state index in [0.29, 0.717) is 6.42 Å². The van der Waals surface area contributed by atoms with E-state index < -0.39 is 12.3 Å². The van der Waals surface area contributed by atoms with Crippen LogP contribution in [0.1, 0.15) is 40.9 Å². The van der Waals surface area contributed by atoms with E-state index in [1.807, 2.05) is 31.2 Å². The summed E-state index contributed by atoms with van der Waals surface area (Å²) in [5, 5.41) is 0. The Labute approximate surface area is 143 Å². The lowest BCUT2D eigenvalue weighted by atomic mass is 9.80. The summed E-state index contributed by atoms with van der Waals surface area (Å²) in [5.41, 5.74) is 2.16. The van der Waals surface area contributed by atoms with Crippen LogP contribution in [0.4, 0.5) is 4.79 Å². The maximum atomic E-state index is 12.4. The van der Waals surface area contributed by atoms with E-state index in [9.17, 15) is 9.59 Å². The van der Waals surface area contributed by atoms with E-state index in [4.69, 9.17) is 9.47 Å². The Morgan fingerprint density at radius 2 is 2.05 bits per heavy atom. The number of amides is 1. The second-order valence-corrected chi connectivity index (χ2v) is 6.92. The largest absolute Gasteiger partial charge is 0.453 e. The minimum absolute atomic E-state index is 0.101. The lowest BCUT2D eigenvalue weighted by Crippen LogP contribution is -2.57. The first-order valence-electron chi connectivity index (χ1n) is 7.39. The van der Waals surface area contributed by atoms with Crippen LogP contribution in [0.5, 0.6) is 0 Å². The summed E-state index contributed by atoms with van der Waals surface area (Å²) in [7, 11) is 1.36. The quantitative estimate of drug-likeness (QED) is 0.421. The Bertz CT molecular complexity index is 604. The number of methoxy groups -OCH3 is 1. The molecule has 1 amide bonds. The molecule has 1 aromatic carbocycles. The number of fused-ring (bicyclic) bond motifs is 4. The van der Waals surface area contributed by atoms with E-state index in [1.165, 1.54) is 7.11 Å². The van der Waals surface area contributed by atoms with Crippen LogP contribution < -0.4 is 0 Å². The molecule has 118 valence electrons. The Morgan fingerprint density at radius 3 is 2.68 bits per heavy atom. The molecule has 2 heterocycles. The van der Waals surface area contributed by atoms with E-state index in [2.05, 4.69) is 22.6 Å². The van der Waals surface area contributed by atoms with E-state index in [-0.39, 0.29) is 21.9 Å². The van der Waals surface area contributed by atoms with Gasteiger partial charge in [-0.3, -0.25) is 9.69 Å². The summed E-state index contributed by atoms with van der Waals surface area (Å²) >= 11 is 2.23. The predicted octanol–water partition coefficient (Wildman–Crippen LogP) is 3.59. The summed E-state index contributed by atoms with van der Waals surface area (Å²) in [4.78, 5) is 26.3. The van der Waals surface area contributed by atoms with Gasteiger partial charge in [-0.15, -0.1) is 0 Å². The molecule has 1 fully saturated rings. The highest BCUT2D eigenvalue weighted by Crippen LogP contribution is 2.51. The predicted molar refractivity (Wildman–Crippen MR) is 88.5 cm³/mol. The molecule has 2 bridgehead atoms. The number of halogens is 1.